The fourth-order valence-electron chi connectivity index (χ4n) is 4.17. The van der Waals surface area contributed by atoms with Crippen LogP contribution in [0.4, 0.5) is 4.39 Å². The van der Waals surface area contributed by atoms with E-state index in [4.69, 9.17) is 0 Å². The lowest BCUT2D eigenvalue weighted by Crippen LogP contribution is -2.46. The molecule has 2 aliphatic heterocycles. The number of aromatic hydroxyl groups is 1. The normalized spacial score (nSPS) is 19.3. The molecule has 7 heteroatoms. The highest BCUT2D eigenvalue weighted by atomic mass is 19.1. The van der Waals surface area contributed by atoms with Gasteiger partial charge in [0, 0.05) is 44.3 Å². The molecule has 2 amide bonds. The molecule has 1 atom stereocenters. The summed E-state index contributed by atoms with van der Waals surface area (Å²) >= 11 is 0. The zero-order valence-electron chi connectivity index (χ0n) is 15.4. The van der Waals surface area contributed by atoms with E-state index in [-0.39, 0.29) is 40.7 Å². The average molecular weight is 371 g/mol. The summed E-state index contributed by atoms with van der Waals surface area (Å²) in [6.45, 7) is 5.83. The highest BCUT2D eigenvalue weighted by molar-refractivity contribution is 6.05. The summed E-state index contributed by atoms with van der Waals surface area (Å²) in [4.78, 5) is 29.2. The Morgan fingerprint density at radius 2 is 1.89 bits per heavy atom. The van der Waals surface area contributed by atoms with E-state index in [0.717, 1.165) is 11.3 Å². The van der Waals surface area contributed by atoms with E-state index in [9.17, 15) is 19.1 Å². The monoisotopic (exact) mass is 371 g/mol. The molecule has 0 spiro atoms. The first-order valence-electron chi connectivity index (χ1n) is 9.21. The Hall–Kier alpha value is -2.83. The molecular weight excluding hydrogens is 349 g/mol. The lowest BCUT2D eigenvalue weighted by Gasteiger charge is -2.35. The highest BCUT2D eigenvalue weighted by Crippen LogP contribution is 2.37. The van der Waals surface area contributed by atoms with Gasteiger partial charge in [-0.3, -0.25) is 9.59 Å². The second kappa shape index (κ2) is 6.40. The van der Waals surface area contributed by atoms with Gasteiger partial charge in [-0.1, -0.05) is 12.1 Å². The molecule has 1 N–H and O–H groups in total. The Labute approximate surface area is 156 Å². The minimum atomic E-state index is -0.322. The van der Waals surface area contributed by atoms with Crippen LogP contribution in [0.15, 0.2) is 24.3 Å². The van der Waals surface area contributed by atoms with E-state index in [0.29, 0.717) is 32.6 Å². The standard InChI is InChI=1S/C20H22FN3O3/c1-3-23-12(2)10-24-15-8-9-22(11-13-4-6-14(21)7-5-13)19(26)16(15)18(25)17(24)20(23)27/h4-7,12,25H,3,8-11H2,1-2H3. The number of rotatable bonds is 3. The Morgan fingerprint density at radius 3 is 2.56 bits per heavy atom. The molecule has 1 aromatic carbocycles. The van der Waals surface area contributed by atoms with Crippen molar-refractivity contribution < 1.29 is 19.1 Å². The summed E-state index contributed by atoms with van der Waals surface area (Å²) in [6.07, 6.45) is 0.571. The minimum absolute atomic E-state index is 0.0123. The third kappa shape index (κ3) is 2.69. The molecule has 2 aliphatic rings. The molecule has 3 heterocycles. The summed E-state index contributed by atoms with van der Waals surface area (Å²) in [5.41, 5.74) is 2.01. The molecule has 1 aromatic heterocycles. The van der Waals surface area contributed by atoms with E-state index >= 15 is 0 Å². The summed E-state index contributed by atoms with van der Waals surface area (Å²) in [6, 6.07) is 6.03. The van der Waals surface area contributed by atoms with Gasteiger partial charge in [0.05, 0.1) is 0 Å². The number of halogens is 1. The highest BCUT2D eigenvalue weighted by Gasteiger charge is 2.40. The van der Waals surface area contributed by atoms with Crippen LogP contribution >= 0.6 is 0 Å². The van der Waals surface area contributed by atoms with Crippen LogP contribution in [-0.4, -0.2) is 50.4 Å². The van der Waals surface area contributed by atoms with Gasteiger partial charge in [-0.2, -0.15) is 0 Å². The first-order chi connectivity index (χ1) is 12.9. The van der Waals surface area contributed by atoms with Crippen molar-refractivity contribution in [2.75, 3.05) is 13.1 Å². The molecule has 142 valence electrons. The Kier molecular flexibility index (Phi) is 4.17. The van der Waals surface area contributed by atoms with Crippen LogP contribution < -0.4 is 0 Å². The third-order valence-electron chi connectivity index (χ3n) is 5.53. The SMILES string of the molecule is CCN1C(=O)c2c(O)c3c(n2CC1C)CCN(Cc1ccc(F)cc1)C3=O. The molecular formula is C20H22FN3O3. The average Bonchev–Trinajstić information content (AvgIpc) is 2.92. The molecule has 0 saturated heterocycles. The number of hydrogen-bond donors (Lipinski definition) is 1. The van der Waals surface area contributed by atoms with Gasteiger partial charge in [-0.05, 0) is 31.5 Å². The number of nitrogens with zero attached hydrogens (tertiary/aromatic N) is 3. The Balaban J connectivity index is 1.69. The van der Waals surface area contributed by atoms with Gasteiger partial charge in [-0.15, -0.1) is 0 Å². The second-order valence-electron chi connectivity index (χ2n) is 7.17. The van der Waals surface area contributed by atoms with Crippen LogP contribution in [0.3, 0.4) is 0 Å². The second-order valence-corrected chi connectivity index (χ2v) is 7.17. The van der Waals surface area contributed by atoms with Crippen molar-refractivity contribution in [3.63, 3.8) is 0 Å². The molecule has 0 saturated carbocycles. The van der Waals surface area contributed by atoms with E-state index in [1.807, 2.05) is 18.4 Å². The lowest BCUT2D eigenvalue weighted by molar-refractivity contribution is 0.0618. The fraction of sp³-hybridized carbons (Fsp3) is 0.400. The lowest BCUT2D eigenvalue weighted by atomic mass is 10.0. The molecule has 0 radical (unpaired) electrons. The predicted octanol–water partition coefficient (Wildman–Crippen LogP) is 2.40. The van der Waals surface area contributed by atoms with Crippen molar-refractivity contribution in [2.45, 2.75) is 39.4 Å². The van der Waals surface area contributed by atoms with E-state index in [1.165, 1.54) is 12.1 Å². The van der Waals surface area contributed by atoms with Gasteiger partial charge in [0.25, 0.3) is 11.8 Å². The summed E-state index contributed by atoms with van der Waals surface area (Å²) in [7, 11) is 0. The minimum Gasteiger partial charge on any atom is -0.505 e. The molecule has 0 bridgehead atoms. The third-order valence-corrected chi connectivity index (χ3v) is 5.53. The van der Waals surface area contributed by atoms with Gasteiger partial charge < -0.3 is 19.5 Å². The maximum Gasteiger partial charge on any atom is 0.274 e. The molecule has 4 rings (SSSR count). The van der Waals surface area contributed by atoms with Crippen molar-refractivity contribution >= 4 is 11.8 Å². The number of carbonyl (C=O) groups excluding carboxylic acids is 2. The van der Waals surface area contributed by atoms with Gasteiger partial charge in [0.15, 0.2) is 11.4 Å². The first-order valence-corrected chi connectivity index (χ1v) is 9.21. The number of benzene rings is 1. The maximum absolute atomic E-state index is 13.1. The topological polar surface area (TPSA) is 65.8 Å². The molecule has 2 aromatic rings. The number of amides is 2. The molecule has 0 fully saturated rings. The zero-order valence-corrected chi connectivity index (χ0v) is 15.4. The van der Waals surface area contributed by atoms with Gasteiger partial charge in [0.1, 0.15) is 11.4 Å². The van der Waals surface area contributed by atoms with Gasteiger partial charge in [-0.25, -0.2) is 4.39 Å². The largest absolute Gasteiger partial charge is 0.505 e. The van der Waals surface area contributed by atoms with Crippen LogP contribution in [0.2, 0.25) is 0 Å². The quantitative estimate of drug-likeness (QED) is 0.901. The summed E-state index contributed by atoms with van der Waals surface area (Å²) in [5, 5.41) is 10.7. The van der Waals surface area contributed by atoms with Crippen molar-refractivity contribution in [1.82, 2.24) is 14.4 Å². The first kappa shape index (κ1) is 17.6. The van der Waals surface area contributed by atoms with E-state index in [1.54, 1.807) is 21.9 Å². The predicted molar refractivity (Wildman–Crippen MR) is 97.1 cm³/mol. The number of likely N-dealkylation sites (N-methyl/N-ethyl adjacent to an activating group) is 1. The smallest absolute Gasteiger partial charge is 0.274 e. The Bertz CT molecular complexity index is 920. The van der Waals surface area contributed by atoms with Gasteiger partial charge >= 0.3 is 0 Å². The van der Waals surface area contributed by atoms with Crippen LogP contribution in [0, 0.1) is 5.82 Å². The molecule has 27 heavy (non-hydrogen) atoms. The number of carbonyl (C=O) groups is 2. The van der Waals surface area contributed by atoms with Crippen molar-refractivity contribution in [2.24, 2.45) is 0 Å². The fourth-order valence-corrected chi connectivity index (χ4v) is 4.17. The van der Waals surface area contributed by atoms with Crippen LogP contribution in [0.1, 0.15) is 46.0 Å². The molecule has 0 aliphatic carbocycles. The van der Waals surface area contributed by atoms with Crippen molar-refractivity contribution in [3.05, 3.63) is 52.6 Å². The van der Waals surface area contributed by atoms with Crippen LogP contribution in [0.5, 0.6) is 5.75 Å². The maximum atomic E-state index is 13.1. The summed E-state index contributed by atoms with van der Waals surface area (Å²) in [5.74, 6) is -1.06. The van der Waals surface area contributed by atoms with Crippen molar-refractivity contribution in [3.8, 4) is 5.75 Å². The van der Waals surface area contributed by atoms with Crippen LogP contribution in [-0.2, 0) is 19.5 Å². The van der Waals surface area contributed by atoms with Gasteiger partial charge in [0.2, 0.25) is 0 Å². The number of hydrogen-bond acceptors (Lipinski definition) is 3. The van der Waals surface area contributed by atoms with E-state index < -0.39 is 0 Å². The molecule has 6 nitrogen and oxygen atoms in total. The number of fused-ring (bicyclic) bond motifs is 3. The van der Waals surface area contributed by atoms with Crippen molar-refractivity contribution in [1.29, 1.82) is 0 Å². The summed E-state index contributed by atoms with van der Waals surface area (Å²) < 4.78 is 14.9. The molecule has 1 unspecified atom stereocenters. The Morgan fingerprint density at radius 1 is 1.19 bits per heavy atom. The van der Waals surface area contributed by atoms with E-state index in [2.05, 4.69) is 0 Å². The zero-order chi connectivity index (χ0) is 19.3. The number of aromatic nitrogens is 1. The van der Waals surface area contributed by atoms with Crippen LogP contribution in [0.25, 0.3) is 0 Å².